The van der Waals surface area contributed by atoms with Gasteiger partial charge in [-0.2, -0.15) is 0 Å². The first-order chi connectivity index (χ1) is 11.3. The van der Waals surface area contributed by atoms with E-state index in [9.17, 15) is 4.79 Å². The largest absolute Gasteiger partial charge is 0.396 e. The summed E-state index contributed by atoms with van der Waals surface area (Å²) in [6.07, 6.45) is 4.63. The van der Waals surface area contributed by atoms with E-state index in [1.54, 1.807) is 6.20 Å². The average molecular weight is 331 g/mol. The molecule has 1 saturated heterocycles. The summed E-state index contributed by atoms with van der Waals surface area (Å²) in [7, 11) is 0. The van der Waals surface area contributed by atoms with Crippen LogP contribution < -0.4 is 5.32 Å². The Morgan fingerprint density at radius 1 is 1.39 bits per heavy atom. The zero-order valence-electron chi connectivity index (χ0n) is 12.9. The van der Waals surface area contributed by atoms with Gasteiger partial charge >= 0.3 is 6.03 Å². The lowest BCUT2D eigenvalue weighted by atomic mass is 9.95. The molecule has 122 valence electrons. The zero-order valence-corrected chi connectivity index (χ0v) is 13.8. The second-order valence-electron chi connectivity index (χ2n) is 5.79. The number of hydrogen-bond acceptors (Lipinski definition) is 4. The van der Waals surface area contributed by atoms with Gasteiger partial charge in [0.15, 0.2) is 5.13 Å². The van der Waals surface area contributed by atoms with Gasteiger partial charge in [0.1, 0.15) is 0 Å². The number of rotatable bonds is 4. The molecule has 1 aliphatic rings. The highest BCUT2D eigenvalue weighted by molar-refractivity contribution is 7.19. The van der Waals surface area contributed by atoms with E-state index >= 15 is 0 Å². The zero-order chi connectivity index (χ0) is 16.1. The summed E-state index contributed by atoms with van der Waals surface area (Å²) in [5.74, 6) is 0.399. The van der Waals surface area contributed by atoms with E-state index in [-0.39, 0.29) is 12.6 Å². The van der Waals surface area contributed by atoms with Gasteiger partial charge in [-0.3, -0.25) is 5.32 Å². The maximum Gasteiger partial charge on any atom is 0.323 e. The number of urea groups is 1. The molecular formula is C17H21N3O2S. The Morgan fingerprint density at radius 3 is 3.00 bits per heavy atom. The van der Waals surface area contributed by atoms with Crippen molar-refractivity contribution >= 4 is 22.5 Å². The number of hydrogen-bond donors (Lipinski definition) is 2. The fourth-order valence-corrected chi connectivity index (χ4v) is 3.72. The van der Waals surface area contributed by atoms with Gasteiger partial charge in [0, 0.05) is 25.9 Å². The number of carbonyl (C=O) groups excluding carboxylic acids is 1. The van der Waals surface area contributed by atoms with E-state index in [2.05, 4.69) is 10.3 Å². The summed E-state index contributed by atoms with van der Waals surface area (Å²) in [6.45, 7) is 1.67. The summed E-state index contributed by atoms with van der Waals surface area (Å²) < 4.78 is 0. The molecule has 2 amide bonds. The van der Waals surface area contributed by atoms with Gasteiger partial charge in [0.2, 0.25) is 0 Å². The van der Waals surface area contributed by atoms with Crippen LogP contribution in [0.4, 0.5) is 9.93 Å². The number of piperidine rings is 1. The Bertz CT molecular complexity index is 642. The third-order valence-electron chi connectivity index (χ3n) is 4.12. The number of likely N-dealkylation sites (tertiary alicyclic amines) is 1. The number of aromatic nitrogens is 1. The first-order valence-electron chi connectivity index (χ1n) is 7.94. The van der Waals surface area contributed by atoms with E-state index < -0.39 is 0 Å². The number of aliphatic hydroxyl groups is 1. The molecular weight excluding hydrogens is 310 g/mol. The highest BCUT2D eigenvalue weighted by atomic mass is 32.1. The van der Waals surface area contributed by atoms with Crippen LogP contribution in [0.25, 0.3) is 10.4 Å². The maximum absolute atomic E-state index is 12.4. The Kier molecular flexibility index (Phi) is 5.25. The predicted molar refractivity (Wildman–Crippen MR) is 92.6 cm³/mol. The van der Waals surface area contributed by atoms with Crippen molar-refractivity contribution in [2.75, 3.05) is 25.0 Å². The lowest BCUT2D eigenvalue weighted by molar-refractivity contribution is 0.159. The SMILES string of the molecule is O=C(Nc1ncc(-c2ccccc2)s1)N1CCC[C@@H](CCO)C1. The Labute approximate surface area is 140 Å². The highest BCUT2D eigenvalue weighted by Crippen LogP contribution is 2.29. The lowest BCUT2D eigenvalue weighted by Crippen LogP contribution is -2.42. The summed E-state index contributed by atoms with van der Waals surface area (Å²) in [4.78, 5) is 19.6. The molecule has 0 spiro atoms. The lowest BCUT2D eigenvalue weighted by Gasteiger charge is -2.32. The standard InChI is InChI=1S/C17H21N3O2S/c21-10-8-13-5-4-9-20(12-13)17(22)19-16-18-11-15(23-16)14-6-2-1-3-7-14/h1-3,6-7,11,13,21H,4-5,8-10,12H2,(H,18,19,22)/t13-/m0/s1. The summed E-state index contributed by atoms with van der Waals surface area (Å²) >= 11 is 1.48. The quantitative estimate of drug-likeness (QED) is 0.902. The molecule has 1 aliphatic heterocycles. The first-order valence-corrected chi connectivity index (χ1v) is 8.76. The Hall–Kier alpha value is -1.92. The maximum atomic E-state index is 12.4. The van der Waals surface area contributed by atoms with E-state index in [1.165, 1.54) is 11.3 Å². The molecule has 2 heterocycles. The molecule has 0 bridgehead atoms. The van der Waals surface area contributed by atoms with E-state index in [1.807, 2.05) is 35.2 Å². The van der Waals surface area contributed by atoms with Crippen LogP contribution in [0.15, 0.2) is 36.5 Å². The fourth-order valence-electron chi connectivity index (χ4n) is 2.91. The van der Waals surface area contributed by atoms with Crippen LogP contribution in [0.3, 0.4) is 0 Å². The number of carbonyl (C=O) groups is 1. The van der Waals surface area contributed by atoms with Crippen LogP contribution in [-0.2, 0) is 0 Å². The second-order valence-corrected chi connectivity index (χ2v) is 6.82. The molecule has 0 aliphatic carbocycles. The first kappa shape index (κ1) is 16.0. The molecule has 5 nitrogen and oxygen atoms in total. The van der Waals surface area contributed by atoms with Gasteiger partial charge in [0.05, 0.1) is 4.88 Å². The van der Waals surface area contributed by atoms with Crippen molar-refractivity contribution in [1.29, 1.82) is 0 Å². The molecule has 6 heteroatoms. The van der Waals surface area contributed by atoms with Gasteiger partial charge in [-0.1, -0.05) is 41.7 Å². The molecule has 1 fully saturated rings. The van der Waals surface area contributed by atoms with Crippen LogP contribution in [0.2, 0.25) is 0 Å². The van der Waals surface area contributed by atoms with Crippen molar-refractivity contribution in [1.82, 2.24) is 9.88 Å². The van der Waals surface area contributed by atoms with Crippen molar-refractivity contribution < 1.29 is 9.90 Å². The normalized spacial score (nSPS) is 18.0. The molecule has 0 saturated carbocycles. The number of anilines is 1. The molecule has 1 aromatic carbocycles. The molecule has 0 radical (unpaired) electrons. The molecule has 2 aromatic rings. The van der Waals surface area contributed by atoms with Crippen molar-refractivity contribution in [3.05, 3.63) is 36.5 Å². The van der Waals surface area contributed by atoms with Crippen molar-refractivity contribution in [3.63, 3.8) is 0 Å². The van der Waals surface area contributed by atoms with Crippen molar-refractivity contribution in [2.45, 2.75) is 19.3 Å². The second kappa shape index (κ2) is 7.57. The number of thiazole rings is 1. The van der Waals surface area contributed by atoms with E-state index in [0.717, 1.165) is 36.2 Å². The molecule has 0 unspecified atom stereocenters. The van der Waals surface area contributed by atoms with Crippen LogP contribution in [0.5, 0.6) is 0 Å². The molecule has 3 rings (SSSR count). The third-order valence-corrected chi connectivity index (χ3v) is 5.08. The molecule has 23 heavy (non-hydrogen) atoms. The molecule has 1 atom stereocenters. The Morgan fingerprint density at radius 2 is 2.22 bits per heavy atom. The minimum absolute atomic E-state index is 0.0957. The number of aliphatic hydroxyl groups excluding tert-OH is 1. The van der Waals surface area contributed by atoms with Crippen molar-refractivity contribution in [2.24, 2.45) is 5.92 Å². The van der Waals surface area contributed by atoms with Crippen LogP contribution in [-0.4, -0.2) is 40.7 Å². The predicted octanol–water partition coefficient (Wildman–Crippen LogP) is 3.44. The minimum atomic E-state index is -0.0957. The molecule has 1 aromatic heterocycles. The molecule has 2 N–H and O–H groups in total. The minimum Gasteiger partial charge on any atom is -0.396 e. The number of amides is 2. The summed E-state index contributed by atoms with van der Waals surface area (Å²) in [5, 5.41) is 12.6. The number of benzene rings is 1. The summed E-state index contributed by atoms with van der Waals surface area (Å²) in [6, 6.07) is 9.92. The smallest absolute Gasteiger partial charge is 0.323 e. The number of nitrogens with one attached hydrogen (secondary N) is 1. The fraction of sp³-hybridized carbons (Fsp3) is 0.412. The monoisotopic (exact) mass is 331 g/mol. The van der Waals surface area contributed by atoms with Gasteiger partial charge in [-0.25, -0.2) is 9.78 Å². The van der Waals surface area contributed by atoms with Crippen LogP contribution in [0.1, 0.15) is 19.3 Å². The number of nitrogens with zero attached hydrogens (tertiary/aromatic N) is 2. The topological polar surface area (TPSA) is 65.5 Å². The van der Waals surface area contributed by atoms with Gasteiger partial charge in [-0.15, -0.1) is 0 Å². The average Bonchev–Trinajstić information content (AvgIpc) is 3.05. The summed E-state index contributed by atoms with van der Waals surface area (Å²) in [5.41, 5.74) is 1.10. The van der Waals surface area contributed by atoms with E-state index in [4.69, 9.17) is 5.11 Å². The Balaban J connectivity index is 1.61. The third kappa shape index (κ3) is 4.09. The van der Waals surface area contributed by atoms with Crippen LogP contribution >= 0.6 is 11.3 Å². The highest BCUT2D eigenvalue weighted by Gasteiger charge is 2.23. The van der Waals surface area contributed by atoms with Crippen molar-refractivity contribution in [3.8, 4) is 10.4 Å². The van der Waals surface area contributed by atoms with Gasteiger partial charge in [-0.05, 0) is 30.7 Å². The van der Waals surface area contributed by atoms with Gasteiger partial charge < -0.3 is 10.0 Å². The van der Waals surface area contributed by atoms with Crippen LogP contribution in [0, 0.1) is 5.92 Å². The van der Waals surface area contributed by atoms with E-state index in [0.29, 0.717) is 17.6 Å². The van der Waals surface area contributed by atoms with Gasteiger partial charge in [0.25, 0.3) is 0 Å².